The monoisotopic (exact) mass is 702 g/mol. The van der Waals surface area contributed by atoms with Crippen molar-refractivity contribution in [1.29, 1.82) is 0 Å². The number of nitrogens with zero attached hydrogens (tertiary/aromatic N) is 4. The molecule has 0 aliphatic carbocycles. The van der Waals surface area contributed by atoms with Gasteiger partial charge in [-0.3, -0.25) is 4.98 Å². The van der Waals surface area contributed by atoms with Crippen LogP contribution >= 0.6 is 0 Å². The standard InChI is InChI=1S/C50H30N4O/c1-2-12-31(13-3-1)34-16-10-17-36(28-34)49-52-48(53-50(54-49)41-21-11-23-44-45(41)40-20-8-9-22-43(40)55-44)33-26-24-32(25-27-33)42-29-35-14-4-6-18-38(35)46-39-19-7-5-15-37(39)30-51-47(42)46/h1-30H. The molecule has 55 heavy (non-hydrogen) atoms. The minimum atomic E-state index is 0.586. The van der Waals surface area contributed by atoms with Gasteiger partial charge in [0.1, 0.15) is 11.2 Å². The smallest absolute Gasteiger partial charge is 0.164 e. The van der Waals surface area contributed by atoms with Crippen molar-refractivity contribution in [1.82, 2.24) is 19.9 Å². The van der Waals surface area contributed by atoms with Gasteiger partial charge in [0.15, 0.2) is 17.5 Å². The van der Waals surface area contributed by atoms with E-state index in [4.69, 9.17) is 24.4 Å². The zero-order valence-electron chi connectivity index (χ0n) is 29.5. The highest BCUT2D eigenvalue weighted by Crippen LogP contribution is 2.39. The summed E-state index contributed by atoms with van der Waals surface area (Å²) in [5.74, 6) is 1.78. The summed E-state index contributed by atoms with van der Waals surface area (Å²) in [7, 11) is 0. The van der Waals surface area contributed by atoms with Crippen molar-refractivity contribution in [2.75, 3.05) is 0 Å². The van der Waals surface area contributed by atoms with Gasteiger partial charge in [0.05, 0.1) is 5.52 Å². The molecule has 0 saturated heterocycles. The van der Waals surface area contributed by atoms with Crippen molar-refractivity contribution in [3.63, 3.8) is 0 Å². The van der Waals surface area contributed by atoms with Crippen molar-refractivity contribution in [3.05, 3.63) is 182 Å². The van der Waals surface area contributed by atoms with E-state index in [1.54, 1.807) is 0 Å². The van der Waals surface area contributed by atoms with E-state index in [1.165, 1.54) is 21.5 Å². The number of hydrogen-bond donors (Lipinski definition) is 0. The van der Waals surface area contributed by atoms with Crippen molar-refractivity contribution in [2.24, 2.45) is 0 Å². The second-order valence-electron chi connectivity index (χ2n) is 13.8. The molecular formula is C50H30N4O. The molecule has 8 aromatic carbocycles. The van der Waals surface area contributed by atoms with Gasteiger partial charge in [0, 0.05) is 50.0 Å². The number of rotatable bonds is 5. The highest BCUT2D eigenvalue weighted by atomic mass is 16.3. The molecule has 5 heteroatoms. The van der Waals surface area contributed by atoms with Crippen LogP contribution in [0.3, 0.4) is 0 Å². The van der Waals surface area contributed by atoms with Gasteiger partial charge < -0.3 is 4.42 Å². The van der Waals surface area contributed by atoms with Crippen LogP contribution in [0.5, 0.6) is 0 Å². The van der Waals surface area contributed by atoms with E-state index in [2.05, 4.69) is 140 Å². The molecule has 3 aromatic heterocycles. The average Bonchev–Trinajstić information content (AvgIpc) is 3.65. The lowest BCUT2D eigenvalue weighted by molar-refractivity contribution is 0.669. The summed E-state index contributed by atoms with van der Waals surface area (Å²) in [5.41, 5.74) is 9.68. The molecule has 11 aromatic rings. The maximum Gasteiger partial charge on any atom is 0.164 e. The minimum Gasteiger partial charge on any atom is -0.456 e. The summed E-state index contributed by atoms with van der Waals surface area (Å²) in [6.07, 6.45) is 1.98. The Balaban J connectivity index is 1.09. The lowest BCUT2D eigenvalue weighted by Crippen LogP contribution is -2.00. The Morgan fingerprint density at radius 3 is 1.78 bits per heavy atom. The number of furan rings is 1. The maximum atomic E-state index is 6.27. The predicted molar refractivity (Wildman–Crippen MR) is 225 cm³/mol. The highest BCUT2D eigenvalue weighted by molar-refractivity contribution is 6.22. The van der Waals surface area contributed by atoms with Crippen molar-refractivity contribution in [2.45, 2.75) is 0 Å². The van der Waals surface area contributed by atoms with Crippen molar-refractivity contribution in [3.8, 4) is 56.4 Å². The number of fused-ring (bicyclic) bond motifs is 8. The van der Waals surface area contributed by atoms with Crippen molar-refractivity contribution >= 4 is 54.4 Å². The first-order chi connectivity index (χ1) is 27.2. The molecule has 0 N–H and O–H groups in total. The molecule has 11 rings (SSSR count). The van der Waals surface area contributed by atoms with Crippen molar-refractivity contribution < 1.29 is 4.42 Å². The van der Waals surface area contributed by atoms with Gasteiger partial charge in [0.2, 0.25) is 0 Å². The van der Waals surface area contributed by atoms with Crippen LogP contribution in [0.4, 0.5) is 0 Å². The van der Waals surface area contributed by atoms with E-state index in [9.17, 15) is 0 Å². The second kappa shape index (κ2) is 12.6. The van der Waals surface area contributed by atoms with Gasteiger partial charge in [-0.05, 0) is 57.1 Å². The van der Waals surface area contributed by atoms with E-state index >= 15 is 0 Å². The number of para-hydroxylation sites is 1. The lowest BCUT2D eigenvalue weighted by Gasteiger charge is -2.13. The molecule has 3 heterocycles. The third kappa shape index (κ3) is 5.24. The summed E-state index contributed by atoms with van der Waals surface area (Å²) < 4.78 is 6.27. The van der Waals surface area contributed by atoms with Gasteiger partial charge in [-0.1, -0.05) is 152 Å². The maximum absolute atomic E-state index is 6.27. The van der Waals surface area contributed by atoms with Crippen LogP contribution in [-0.2, 0) is 0 Å². The fourth-order valence-corrected chi connectivity index (χ4v) is 7.92. The van der Waals surface area contributed by atoms with Crippen LogP contribution in [0.25, 0.3) is 111 Å². The van der Waals surface area contributed by atoms with Gasteiger partial charge in [-0.15, -0.1) is 0 Å². The fraction of sp³-hybridized carbons (Fsp3) is 0. The molecule has 0 amide bonds. The Morgan fingerprint density at radius 1 is 0.345 bits per heavy atom. The van der Waals surface area contributed by atoms with Crippen LogP contribution in [0, 0.1) is 0 Å². The SMILES string of the molecule is c1ccc(-c2cccc(-c3nc(-c4ccc(-c5cc6ccccc6c6c5ncc5ccccc56)cc4)nc(-c4cccc5oc6ccccc6c45)n3)c2)cc1. The summed E-state index contributed by atoms with van der Waals surface area (Å²) in [4.78, 5) is 20.5. The molecule has 0 unspecified atom stereocenters. The first-order valence-corrected chi connectivity index (χ1v) is 18.4. The predicted octanol–water partition coefficient (Wildman–Crippen LogP) is 13.0. The number of pyridine rings is 1. The van der Waals surface area contributed by atoms with Crippen LogP contribution in [0.1, 0.15) is 0 Å². The van der Waals surface area contributed by atoms with E-state index in [1.807, 2.05) is 42.6 Å². The van der Waals surface area contributed by atoms with Gasteiger partial charge in [-0.25, -0.2) is 15.0 Å². The minimum absolute atomic E-state index is 0.586. The number of aromatic nitrogens is 4. The molecule has 0 spiro atoms. The Hall–Kier alpha value is -7.50. The Labute approximate surface area is 316 Å². The average molecular weight is 703 g/mol. The molecule has 0 radical (unpaired) electrons. The van der Waals surface area contributed by atoms with Gasteiger partial charge in [-0.2, -0.15) is 0 Å². The highest BCUT2D eigenvalue weighted by Gasteiger charge is 2.19. The van der Waals surface area contributed by atoms with Gasteiger partial charge in [0.25, 0.3) is 0 Å². The molecule has 0 aliphatic heterocycles. The summed E-state index contributed by atoms with van der Waals surface area (Å²) >= 11 is 0. The van der Waals surface area contributed by atoms with Crippen LogP contribution in [-0.4, -0.2) is 19.9 Å². The van der Waals surface area contributed by atoms with Gasteiger partial charge >= 0.3 is 0 Å². The zero-order valence-corrected chi connectivity index (χ0v) is 29.5. The lowest BCUT2D eigenvalue weighted by atomic mass is 9.93. The fourth-order valence-electron chi connectivity index (χ4n) is 7.92. The largest absolute Gasteiger partial charge is 0.456 e. The summed E-state index contributed by atoms with van der Waals surface area (Å²) in [6, 6.07) is 60.8. The Bertz CT molecular complexity index is 3240. The van der Waals surface area contributed by atoms with Crippen LogP contribution in [0.2, 0.25) is 0 Å². The van der Waals surface area contributed by atoms with E-state index < -0.39 is 0 Å². The quantitative estimate of drug-likeness (QED) is 0.167. The van der Waals surface area contributed by atoms with E-state index in [0.29, 0.717) is 17.5 Å². The Morgan fingerprint density at radius 2 is 0.945 bits per heavy atom. The molecule has 0 aliphatic rings. The second-order valence-corrected chi connectivity index (χ2v) is 13.8. The first-order valence-electron chi connectivity index (χ1n) is 18.4. The number of hydrogen-bond acceptors (Lipinski definition) is 5. The third-order valence-corrected chi connectivity index (χ3v) is 10.5. The topological polar surface area (TPSA) is 64.7 Å². The normalized spacial score (nSPS) is 11.6. The molecule has 0 saturated carbocycles. The molecule has 0 atom stereocenters. The van der Waals surface area contributed by atoms with Crippen LogP contribution < -0.4 is 0 Å². The number of benzene rings is 8. The molecular weight excluding hydrogens is 673 g/mol. The Kier molecular flexibility index (Phi) is 7.10. The third-order valence-electron chi connectivity index (χ3n) is 10.5. The molecule has 256 valence electrons. The molecule has 0 bridgehead atoms. The summed E-state index contributed by atoms with van der Waals surface area (Å²) in [5, 5.41) is 7.88. The van der Waals surface area contributed by atoms with Crippen LogP contribution in [0.15, 0.2) is 187 Å². The zero-order chi connectivity index (χ0) is 36.3. The molecule has 5 nitrogen and oxygen atoms in total. The summed E-state index contributed by atoms with van der Waals surface area (Å²) in [6.45, 7) is 0. The van der Waals surface area contributed by atoms with E-state index in [-0.39, 0.29) is 0 Å². The molecule has 0 fully saturated rings. The van der Waals surface area contributed by atoms with E-state index in [0.717, 1.165) is 71.8 Å². The first kappa shape index (κ1) is 31.1.